The van der Waals surface area contributed by atoms with Crippen LogP contribution in [0.5, 0.6) is 11.5 Å². The van der Waals surface area contributed by atoms with Crippen molar-refractivity contribution >= 4 is 29.3 Å². The minimum absolute atomic E-state index is 0.113. The highest BCUT2D eigenvalue weighted by Gasteiger charge is 2.22. The second-order valence-corrected chi connectivity index (χ2v) is 6.25. The van der Waals surface area contributed by atoms with Crippen LogP contribution in [0, 0.1) is 0 Å². The number of esters is 1. The minimum atomic E-state index is -3.22. The van der Waals surface area contributed by atoms with E-state index in [1.54, 1.807) is 0 Å². The van der Waals surface area contributed by atoms with Gasteiger partial charge in [0.1, 0.15) is 5.56 Å². The van der Waals surface area contributed by atoms with Gasteiger partial charge in [-0.05, 0) is 24.3 Å². The number of para-hydroxylation sites is 2. The highest BCUT2D eigenvalue weighted by Crippen LogP contribution is 2.33. The fourth-order valence-corrected chi connectivity index (χ4v) is 2.81. The molecule has 0 aliphatic heterocycles. The molecule has 0 heterocycles. The van der Waals surface area contributed by atoms with Crippen LogP contribution in [0.15, 0.2) is 47.4 Å². The van der Waals surface area contributed by atoms with E-state index >= 15 is 0 Å². The number of alkyl halides is 4. The zero-order valence-electron chi connectivity index (χ0n) is 14.9. The van der Waals surface area contributed by atoms with E-state index in [0.717, 1.165) is 6.07 Å². The average molecular weight is 433 g/mol. The van der Waals surface area contributed by atoms with Crippen molar-refractivity contribution < 1.29 is 41.4 Å². The molecular weight excluding hydrogens is 418 g/mol. The van der Waals surface area contributed by atoms with Crippen molar-refractivity contribution in [2.45, 2.75) is 17.3 Å². The number of anilines is 1. The Kier molecular flexibility index (Phi) is 8.13. The molecule has 2 rings (SSSR count). The van der Waals surface area contributed by atoms with E-state index in [4.69, 9.17) is 9.47 Å². The normalized spacial score (nSPS) is 10.7. The number of nitrogens with one attached hydrogen (secondary N) is 1. The molecule has 156 valence electrons. The van der Waals surface area contributed by atoms with Gasteiger partial charge >= 0.3 is 12.6 Å². The number of amides is 1. The van der Waals surface area contributed by atoms with Crippen LogP contribution in [-0.2, 0) is 9.53 Å². The number of hydrogen-bond acceptors (Lipinski definition) is 6. The lowest BCUT2D eigenvalue weighted by Crippen LogP contribution is -2.22. The van der Waals surface area contributed by atoms with Crippen LogP contribution < -0.4 is 14.8 Å². The van der Waals surface area contributed by atoms with Crippen LogP contribution in [0.2, 0.25) is 0 Å². The van der Waals surface area contributed by atoms with Crippen molar-refractivity contribution in [3.63, 3.8) is 0 Å². The van der Waals surface area contributed by atoms with Crippen LogP contribution in [0.1, 0.15) is 10.4 Å². The van der Waals surface area contributed by atoms with Gasteiger partial charge in [0.05, 0.1) is 12.8 Å². The number of halogens is 4. The number of ether oxygens (including phenoxy) is 3. The van der Waals surface area contributed by atoms with E-state index in [-0.39, 0.29) is 33.7 Å². The summed E-state index contributed by atoms with van der Waals surface area (Å²) in [6.45, 7) is -4.00. The summed E-state index contributed by atoms with van der Waals surface area (Å²) < 4.78 is 64.4. The molecule has 0 unspecified atom stereocenters. The van der Waals surface area contributed by atoms with Gasteiger partial charge in [-0.25, -0.2) is 4.79 Å². The molecule has 29 heavy (non-hydrogen) atoms. The molecule has 0 atom stereocenters. The van der Waals surface area contributed by atoms with Gasteiger partial charge in [-0.3, -0.25) is 4.79 Å². The first-order valence-corrected chi connectivity index (χ1v) is 8.82. The summed E-state index contributed by atoms with van der Waals surface area (Å²) in [5.41, 5.74) is -0.256. The van der Waals surface area contributed by atoms with Crippen molar-refractivity contribution in [1.82, 2.24) is 0 Å². The zero-order chi connectivity index (χ0) is 21.4. The summed E-state index contributed by atoms with van der Waals surface area (Å²) in [5, 5.41) is 2.35. The van der Waals surface area contributed by atoms with Crippen molar-refractivity contribution in [1.29, 1.82) is 0 Å². The molecule has 11 heteroatoms. The summed E-state index contributed by atoms with van der Waals surface area (Å²) in [6.07, 6.45) is 0. The molecule has 2 aromatic rings. The fourth-order valence-electron chi connectivity index (χ4n) is 2.21. The number of hydrogen-bond donors (Lipinski definition) is 1. The predicted octanol–water partition coefficient (Wildman–Crippen LogP) is 4.41. The third kappa shape index (κ3) is 6.56. The molecule has 2 aromatic carbocycles. The van der Waals surface area contributed by atoms with Gasteiger partial charge in [0, 0.05) is 4.90 Å². The Labute approximate surface area is 167 Å². The minimum Gasteiger partial charge on any atom is -0.493 e. The Bertz CT molecular complexity index is 866. The topological polar surface area (TPSA) is 73.9 Å². The Morgan fingerprint density at radius 2 is 1.79 bits per heavy atom. The van der Waals surface area contributed by atoms with Crippen molar-refractivity contribution in [2.75, 3.05) is 19.0 Å². The van der Waals surface area contributed by atoms with Crippen LogP contribution in [0.3, 0.4) is 0 Å². The van der Waals surface area contributed by atoms with Gasteiger partial charge in [0.15, 0.2) is 18.1 Å². The molecule has 0 aromatic heterocycles. The van der Waals surface area contributed by atoms with Gasteiger partial charge in [0.2, 0.25) is 0 Å². The smallest absolute Gasteiger partial charge is 0.387 e. The third-order valence-electron chi connectivity index (χ3n) is 3.34. The molecule has 1 amide bonds. The van der Waals surface area contributed by atoms with E-state index in [1.807, 2.05) is 0 Å². The maximum Gasteiger partial charge on any atom is 0.387 e. The summed E-state index contributed by atoms with van der Waals surface area (Å²) >= 11 is 0.243. The number of benzene rings is 2. The van der Waals surface area contributed by atoms with E-state index in [9.17, 15) is 27.2 Å². The van der Waals surface area contributed by atoms with Crippen molar-refractivity contribution in [3.05, 3.63) is 48.0 Å². The Morgan fingerprint density at radius 3 is 2.45 bits per heavy atom. The molecule has 1 N–H and O–H groups in total. The molecule has 6 nitrogen and oxygen atoms in total. The van der Waals surface area contributed by atoms with Crippen LogP contribution in [0.4, 0.5) is 23.2 Å². The number of thioether (sulfide) groups is 1. The van der Waals surface area contributed by atoms with Crippen LogP contribution in [0.25, 0.3) is 0 Å². The molecule has 0 aliphatic rings. The summed E-state index contributed by atoms with van der Waals surface area (Å²) in [6, 6.07) is 9.66. The lowest BCUT2D eigenvalue weighted by molar-refractivity contribution is -0.119. The fraction of sp³-hybridized carbons (Fsp3) is 0.222. The van der Waals surface area contributed by atoms with Crippen LogP contribution >= 0.6 is 11.8 Å². The maximum atomic E-state index is 12.6. The van der Waals surface area contributed by atoms with Gasteiger partial charge in [-0.2, -0.15) is 17.6 Å². The summed E-state index contributed by atoms with van der Waals surface area (Å²) in [4.78, 5) is 24.3. The standard InChI is InChI=1S/C18H15F4NO5S/c1-26-12-7-4-5-10(15(12)28-17(19)20)16(25)27-9-14(24)23-11-6-2-3-8-13(11)29-18(21)22/h2-8,17-18H,9H2,1H3,(H,23,24). The Balaban J connectivity index is 2.06. The van der Waals surface area contributed by atoms with E-state index < -0.39 is 36.6 Å². The highest BCUT2D eigenvalue weighted by atomic mass is 32.2. The average Bonchev–Trinajstić information content (AvgIpc) is 2.67. The second-order valence-electron chi connectivity index (χ2n) is 5.21. The second kappa shape index (κ2) is 10.6. The molecule has 0 spiro atoms. The molecular formula is C18H15F4NO5S. The molecule has 0 saturated heterocycles. The molecule has 0 bridgehead atoms. The number of methoxy groups -OCH3 is 1. The molecule has 0 aliphatic carbocycles. The molecule has 0 saturated carbocycles. The van der Waals surface area contributed by atoms with Crippen molar-refractivity contribution in [3.8, 4) is 11.5 Å². The van der Waals surface area contributed by atoms with E-state index in [2.05, 4.69) is 10.1 Å². The SMILES string of the molecule is COc1cccc(C(=O)OCC(=O)Nc2ccccc2SC(F)F)c1OC(F)F. The first-order chi connectivity index (χ1) is 13.8. The molecule has 0 radical (unpaired) electrons. The Morgan fingerprint density at radius 1 is 1.07 bits per heavy atom. The number of rotatable bonds is 9. The Hall–Kier alpha value is -2.95. The third-order valence-corrected chi connectivity index (χ3v) is 4.13. The van der Waals surface area contributed by atoms with Gasteiger partial charge in [-0.15, -0.1) is 0 Å². The monoisotopic (exact) mass is 433 g/mol. The van der Waals surface area contributed by atoms with E-state index in [0.29, 0.717) is 0 Å². The first kappa shape index (κ1) is 22.3. The zero-order valence-corrected chi connectivity index (χ0v) is 15.7. The van der Waals surface area contributed by atoms with Crippen LogP contribution in [-0.4, -0.2) is 38.0 Å². The maximum absolute atomic E-state index is 12.6. The van der Waals surface area contributed by atoms with E-state index in [1.165, 1.54) is 43.5 Å². The van der Waals surface area contributed by atoms with Gasteiger partial charge in [0.25, 0.3) is 11.7 Å². The predicted molar refractivity (Wildman–Crippen MR) is 96.8 cm³/mol. The quantitative estimate of drug-likeness (QED) is 0.359. The number of carbonyl (C=O) groups excluding carboxylic acids is 2. The lowest BCUT2D eigenvalue weighted by Gasteiger charge is -2.14. The van der Waals surface area contributed by atoms with Gasteiger partial charge in [-0.1, -0.05) is 30.0 Å². The highest BCUT2D eigenvalue weighted by molar-refractivity contribution is 7.99. The van der Waals surface area contributed by atoms with Crippen molar-refractivity contribution in [2.24, 2.45) is 0 Å². The van der Waals surface area contributed by atoms with Gasteiger partial charge < -0.3 is 19.5 Å². The first-order valence-electron chi connectivity index (χ1n) is 7.94. The summed E-state index contributed by atoms with van der Waals surface area (Å²) in [5.74, 6) is -5.26. The molecule has 0 fully saturated rings. The number of carbonyl (C=O) groups is 2. The largest absolute Gasteiger partial charge is 0.493 e. The summed E-state index contributed by atoms with van der Waals surface area (Å²) in [7, 11) is 1.20. The lowest BCUT2D eigenvalue weighted by atomic mass is 10.2.